The Bertz CT molecular complexity index is 749. The van der Waals surface area contributed by atoms with Crippen LogP contribution in [-0.4, -0.2) is 52.7 Å². The lowest BCUT2D eigenvalue weighted by Gasteiger charge is -2.31. The van der Waals surface area contributed by atoms with Crippen molar-refractivity contribution in [3.63, 3.8) is 0 Å². The van der Waals surface area contributed by atoms with E-state index in [2.05, 4.69) is 4.98 Å². The molecule has 0 saturated carbocycles. The molecule has 22 heavy (non-hydrogen) atoms. The Morgan fingerprint density at radius 2 is 2.23 bits per heavy atom. The second-order valence-corrected chi connectivity index (χ2v) is 5.41. The Morgan fingerprint density at radius 1 is 1.41 bits per heavy atom. The van der Waals surface area contributed by atoms with E-state index in [1.807, 2.05) is 6.07 Å². The quantitative estimate of drug-likeness (QED) is 0.913. The minimum atomic E-state index is -1.08. The van der Waals surface area contributed by atoms with Gasteiger partial charge in [0.2, 0.25) is 0 Å². The Kier molecular flexibility index (Phi) is 3.96. The van der Waals surface area contributed by atoms with Crippen LogP contribution in [0.1, 0.15) is 10.4 Å². The van der Waals surface area contributed by atoms with Crippen LogP contribution in [0.5, 0.6) is 0 Å². The fraction of sp³-hybridized carbons (Fsp3) is 0.267. The minimum absolute atomic E-state index is 0.00894. The lowest BCUT2D eigenvalue weighted by molar-refractivity contribution is -0.154. The van der Waals surface area contributed by atoms with Gasteiger partial charge in [-0.15, -0.1) is 0 Å². The smallest absolute Gasteiger partial charge is 0.334 e. The van der Waals surface area contributed by atoms with Crippen molar-refractivity contribution >= 4 is 34.4 Å². The van der Waals surface area contributed by atoms with Gasteiger partial charge in [0, 0.05) is 23.2 Å². The number of pyridine rings is 1. The fourth-order valence-corrected chi connectivity index (χ4v) is 2.70. The van der Waals surface area contributed by atoms with Gasteiger partial charge in [-0.2, -0.15) is 0 Å². The molecule has 0 aliphatic carbocycles. The first kappa shape index (κ1) is 14.7. The summed E-state index contributed by atoms with van der Waals surface area (Å²) in [5.74, 6) is -1.37. The molecule has 0 bridgehead atoms. The van der Waals surface area contributed by atoms with Crippen LogP contribution < -0.4 is 0 Å². The molecule has 1 aliphatic heterocycles. The van der Waals surface area contributed by atoms with Gasteiger partial charge in [-0.3, -0.25) is 9.78 Å². The summed E-state index contributed by atoms with van der Waals surface area (Å²) in [6.45, 7) is 0.535. The van der Waals surface area contributed by atoms with Crippen LogP contribution >= 0.6 is 11.6 Å². The molecule has 7 heteroatoms. The second kappa shape index (κ2) is 5.90. The predicted octanol–water partition coefficient (Wildman–Crippen LogP) is 1.81. The van der Waals surface area contributed by atoms with E-state index in [9.17, 15) is 9.59 Å². The number of aromatic nitrogens is 1. The number of carbonyl (C=O) groups is 2. The third-order valence-corrected chi connectivity index (χ3v) is 3.75. The number of carboxylic acids is 1. The molecule has 1 amide bonds. The van der Waals surface area contributed by atoms with Gasteiger partial charge in [0.1, 0.15) is 0 Å². The molecule has 0 radical (unpaired) electrons. The molecule has 1 aliphatic rings. The maximum Gasteiger partial charge on any atom is 0.334 e. The Labute approximate surface area is 131 Å². The SMILES string of the molecule is O=C(O)C1CN(C(=O)c2cc(Cl)cc3cccnc23)CCO1. The Morgan fingerprint density at radius 3 is 3.00 bits per heavy atom. The summed E-state index contributed by atoms with van der Waals surface area (Å²) < 4.78 is 5.13. The summed E-state index contributed by atoms with van der Waals surface area (Å²) in [4.78, 5) is 29.4. The number of hydrogen-bond acceptors (Lipinski definition) is 4. The van der Waals surface area contributed by atoms with Crippen LogP contribution in [0.2, 0.25) is 5.02 Å². The van der Waals surface area contributed by atoms with E-state index in [-0.39, 0.29) is 19.1 Å². The Balaban J connectivity index is 1.97. The van der Waals surface area contributed by atoms with Crippen molar-refractivity contribution in [1.29, 1.82) is 0 Å². The monoisotopic (exact) mass is 320 g/mol. The van der Waals surface area contributed by atoms with Crippen LogP contribution in [0.15, 0.2) is 30.5 Å². The van der Waals surface area contributed by atoms with Gasteiger partial charge >= 0.3 is 5.97 Å². The zero-order valence-corrected chi connectivity index (χ0v) is 12.3. The van der Waals surface area contributed by atoms with Gasteiger partial charge < -0.3 is 14.7 Å². The van der Waals surface area contributed by atoms with E-state index >= 15 is 0 Å². The van der Waals surface area contributed by atoms with E-state index < -0.39 is 12.1 Å². The first-order valence-corrected chi connectivity index (χ1v) is 7.12. The molecular weight excluding hydrogens is 308 g/mol. The van der Waals surface area contributed by atoms with Crippen LogP contribution in [0.4, 0.5) is 0 Å². The molecular formula is C15H13ClN2O4. The zero-order chi connectivity index (χ0) is 15.7. The fourth-order valence-electron chi connectivity index (χ4n) is 2.47. The van der Waals surface area contributed by atoms with Crippen molar-refractivity contribution in [2.24, 2.45) is 0 Å². The lowest BCUT2D eigenvalue weighted by atomic mass is 10.1. The molecule has 114 valence electrons. The molecule has 0 spiro atoms. The van der Waals surface area contributed by atoms with E-state index in [1.54, 1.807) is 24.4 Å². The van der Waals surface area contributed by atoms with E-state index in [0.29, 0.717) is 22.6 Å². The predicted molar refractivity (Wildman–Crippen MR) is 80.0 cm³/mol. The third-order valence-electron chi connectivity index (χ3n) is 3.53. The number of fused-ring (bicyclic) bond motifs is 1. The molecule has 3 rings (SSSR count). The normalized spacial score (nSPS) is 18.4. The number of carboxylic acid groups (broad SMARTS) is 1. The maximum absolute atomic E-state index is 12.7. The number of rotatable bonds is 2. The van der Waals surface area contributed by atoms with Crippen molar-refractivity contribution in [3.8, 4) is 0 Å². The highest BCUT2D eigenvalue weighted by Crippen LogP contribution is 2.24. The molecule has 1 atom stereocenters. The van der Waals surface area contributed by atoms with Crippen molar-refractivity contribution in [3.05, 3.63) is 41.0 Å². The summed E-state index contributed by atoms with van der Waals surface area (Å²) in [5, 5.41) is 10.2. The topological polar surface area (TPSA) is 79.7 Å². The van der Waals surface area contributed by atoms with Crippen molar-refractivity contribution < 1.29 is 19.4 Å². The Hall–Kier alpha value is -2.18. The summed E-state index contributed by atoms with van der Waals surface area (Å²) in [5.41, 5.74) is 0.921. The first-order chi connectivity index (χ1) is 10.6. The minimum Gasteiger partial charge on any atom is -0.479 e. The van der Waals surface area contributed by atoms with E-state index in [1.165, 1.54) is 4.90 Å². The number of carbonyl (C=O) groups excluding carboxylic acids is 1. The van der Waals surface area contributed by atoms with Gasteiger partial charge in [0.25, 0.3) is 5.91 Å². The number of morpholine rings is 1. The van der Waals surface area contributed by atoms with Gasteiger partial charge in [-0.05, 0) is 18.2 Å². The highest BCUT2D eigenvalue weighted by atomic mass is 35.5. The van der Waals surface area contributed by atoms with Crippen LogP contribution in [0.3, 0.4) is 0 Å². The highest BCUT2D eigenvalue weighted by molar-refractivity contribution is 6.32. The third kappa shape index (κ3) is 2.75. The van der Waals surface area contributed by atoms with Gasteiger partial charge in [0.05, 0.1) is 24.2 Å². The standard InChI is InChI=1S/C15H13ClN2O4/c16-10-6-9-2-1-3-17-13(9)11(7-10)14(19)18-4-5-22-12(8-18)15(20)21/h1-3,6-7,12H,4-5,8H2,(H,20,21). The van der Waals surface area contributed by atoms with E-state index in [4.69, 9.17) is 21.4 Å². The largest absolute Gasteiger partial charge is 0.479 e. The van der Waals surface area contributed by atoms with Crippen molar-refractivity contribution in [2.45, 2.75) is 6.10 Å². The van der Waals surface area contributed by atoms with Crippen LogP contribution in [-0.2, 0) is 9.53 Å². The number of nitrogens with zero attached hydrogens (tertiary/aromatic N) is 2. The van der Waals surface area contributed by atoms with Crippen molar-refractivity contribution in [2.75, 3.05) is 19.7 Å². The lowest BCUT2D eigenvalue weighted by Crippen LogP contribution is -2.48. The number of halogens is 1. The summed E-state index contributed by atoms with van der Waals surface area (Å²) in [6, 6.07) is 6.89. The average molecular weight is 321 g/mol. The molecule has 6 nitrogen and oxygen atoms in total. The van der Waals surface area contributed by atoms with Crippen LogP contribution in [0, 0.1) is 0 Å². The molecule has 1 aromatic carbocycles. The summed E-state index contributed by atoms with van der Waals surface area (Å²) >= 11 is 6.07. The molecule has 1 fully saturated rings. The zero-order valence-electron chi connectivity index (χ0n) is 11.5. The van der Waals surface area contributed by atoms with E-state index in [0.717, 1.165) is 5.39 Å². The van der Waals surface area contributed by atoms with Gasteiger partial charge in [-0.25, -0.2) is 4.79 Å². The number of benzene rings is 1. The highest BCUT2D eigenvalue weighted by Gasteiger charge is 2.30. The second-order valence-electron chi connectivity index (χ2n) is 4.98. The van der Waals surface area contributed by atoms with Gasteiger partial charge in [-0.1, -0.05) is 17.7 Å². The number of ether oxygens (including phenoxy) is 1. The molecule has 1 saturated heterocycles. The number of hydrogen-bond donors (Lipinski definition) is 1. The molecule has 1 unspecified atom stereocenters. The molecule has 1 N–H and O–H groups in total. The van der Waals surface area contributed by atoms with Gasteiger partial charge in [0.15, 0.2) is 6.10 Å². The first-order valence-electron chi connectivity index (χ1n) is 6.74. The molecule has 2 aromatic rings. The average Bonchev–Trinajstić information content (AvgIpc) is 2.53. The molecule has 2 heterocycles. The number of aliphatic carboxylic acids is 1. The number of amides is 1. The molecule has 1 aromatic heterocycles. The van der Waals surface area contributed by atoms with Crippen molar-refractivity contribution in [1.82, 2.24) is 9.88 Å². The maximum atomic E-state index is 12.7. The summed E-state index contributed by atoms with van der Waals surface area (Å²) in [6.07, 6.45) is 0.600. The summed E-state index contributed by atoms with van der Waals surface area (Å²) in [7, 11) is 0. The van der Waals surface area contributed by atoms with Crippen LogP contribution in [0.25, 0.3) is 10.9 Å².